The first-order valence-corrected chi connectivity index (χ1v) is 5.46. The Morgan fingerprint density at radius 2 is 1.88 bits per heavy atom. The van der Waals surface area contributed by atoms with Gasteiger partial charge >= 0.3 is 6.18 Å². The smallest absolute Gasteiger partial charge is 0.226 e. The van der Waals surface area contributed by atoms with Gasteiger partial charge in [0.1, 0.15) is 0 Å². The van der Waals surface area contributed by atoms with Crippen molar-refractivity contribution in [3.05, 3.63) is 22.7 Å². The van der Waals surface area contributed by atoms with Crippen molar-refractivity contribution in [1.82, 2.24) is 9.97 Å². The summed E-state index contributed by atoms with van der Waals surface area (Å²) in [6, 6.07) is 0. The van der Waals surface area contributed by atoms with Gasteiger partial charge in [-0.1, -0.05) is 12.8 Å². The lowest BCUT2D eigenvalue weighted by Gasteiger charge is -2.15. The molecule has 1 fully saturated rings. The highest BCUT2D eigenvalue weighted by Crippen LogP contribution is 2.40. The minimum atomic E-state index is -4.40. The first kappa shape index (κ1) is 11.6. The lowest BCUT2D eigenvalue weighted by Crippen LogP contribution is -2.14. The van der Waals surface area contributed by atoms with E-state index < -0.39 is 11.7 Å². The van der Waals surface area contributed by atoms with Crippen LogP contribution < -0.4 is 0 Å². The van der Waals surface area contributed by atoms with Crippen LogP contribution in [0.2, 0.25) is 5.28 Å². The minimum absolute atomic E-state index is 0.0602. The number of rotatable bonds is 1. The monoisotopic (exact) mass is 250 g/mol. The molecule has 1 aliphatic carbocycles. The van der Waals surface area contributed by atoms with Crippen molar-refractivity contribution in [2.45, 2.75) is 37.8 Å². The molecule has 2 nitrogen and oxygen atoms in total. The van der Waals surface area contributed by atoms with E-state index >= 15 is 0 Å². The van der Waals surface area contributed by atoms with Crippen LogP contribution in [-0.2, 0) is 6.18 Å². The van der Waals surface area contributed by atoms with Crippen molar-refractivity contribution in [2.24, 2.45) is 0 Å². The highest BCUT2D eigenvalue weighted by Gasteiger charge is 2.37. The van der Waals surface area contributed by atoms with Gasteiger partial charge < -0.3 is 0 Å². The van der Waals surface area contributed by atoms with Crippen molar-refractivity contribution in [1.29, 1.82) is 0 Å². The lowest BCUT2D eigenvalue weighted by molar-refractivity contribution is -0.139. The standard InChI is InChI=1S/C10H10ClF3N2/c11-9-15-5-7(10(12,13)14)8(16-9)6-3-1-2-4-6/h5-6H,1-4H2. The van der Waals surface area contributed by atoms with E-state index in [1.165, 1.54) is 0 Å². The van der Waals surface area contributed by atoms with Crippen LogP contribution >= 0.6 is 11.6 Å². The van der Waals surface area contributed by atoms with Gasteiger partial charge in [-0.3, -0.25) is 0 Å². The molecule has 0 atom stereocenters. The highest BCUT2D eigenvalue weighted by atomic mass is 35.5. The number of halogens is 4. The largest absolute Gasteiger partial charge is 0.419 e. The van der Waals surface area contributed by atoms with Gasteiger partial charge in [0.05, 0.1) is 11.3 Å². The molecular weight excluding hydrogens is 241 g/mol. The average Bonchev–Trinajstić information content (AvgIpc) is 2.68. The Bertz CT molecular complexity index is 386. The molecule has 0 N–H and O–H groups in total. The summed E-state index contributed by atoms with van der Waals surface area (Å²) >= 11 is 5.56. The van der Waals surface area contributed by atoms with Crippen LogP contribution in [0.5, 0.6) is 0 Å². The number of nitrogens with zero attached hydrogens (tertiary/aromatic N) is 2. The summed E-state index contributed by atoms with van der Waals surface area (Å²) in [6.07, 6.45) is -0.231. The van der Waals surface area contributed by atoms with Gasteiger partial charge in [-0.25, -0.2) is 9.97 Å². The quantitative estimate of drug-likeness (QED) is 0.709. The Balaban J connectivity index is 2.43. The van der Waals surface area contributed by atoms with E-state index in [2.05, 4.69) is 9.97 Å². The van der Waals surface area contributed by atoms with Crippen LogP contribution in [-0.4, -0.2) is 9.97 Å². The van der Waals surface area contributed by atoms with Gasteiger partial charge in [0.25, 0.3) is 0 Å². The molecule has 1 aromatic heterocycles. The predicted octanol–water partition coefficient (Wildman–Crippen LogP) is 3.81. The summed E-state index contributed by atoms with van der Waals surface area (Å²) in [7, 11) is 0. The molecule has 0 radical (unpaired) electrons. The maximum atomic E-state index is 12.7. The van der Waals surface area contributed by atoms with E-state index in [-0.39, 0.29) is 16.9 Å². The molecule has 1 aliphatic rings. The molecule has 0 spiro atoms. The summed E-state index contributed by atoms with van der Waals surface area (Å²) in [5, 5.41) is -0.116. The average molecular weight is 251 g/mol. The molecule has 6 heteroatoms. The Morgan fingerprint density at radius 3 is 2.44 bits per heavy atom. The minimum Gasteiger partial charge on any atom is -0.226 e. The van der Waals surface area contributed by atoms with Gasteiger partial charge in [0.2, 0.25) is 5.28 Å². The van der Waals surface area contributed by atoms with E-state index in [1.807, 2.05) is 0 Å². The second kappa shape index (κ2) is 4.20. The van der Waals surface area contributed by atoms with E-state index in [4.69, 9.17) is 11.6 Å². The number of aromatic nitrogens is 2. The number of alkyl halides is 3. The third kappa shape index (κ3) is 2.29. The van der Waals surface area contributed by atoms with Crippen LogP contribution in [0.4, 0.5) is 13.2 Å². The third-order valence-electron chi connectivity index (χ3n) is 2.84. The Morgan fingerprint density at radius 1 is 1.25 bits per heavy atom. The second-order valence-electron chi connectivity index (χ2n) is 3.92. The molecule has 0 saturated heterocycles. The Labute approximate surface area is 95.9 Å². The summed E-state index contributed by atoms with van der Waals surface area (Å²) in [5.74, 6) is -0.128. The molecule has 1 heterocycles. The van der Waals surface area contributed by atoms with Crippen LogP contribution in [0, 0.1) is 0 Å². The molecule has 1 aromatic rings. The molecule has 16 heavy (non-hydrogen) atoms. The van der Waals surface area contributed by atoms with Crippen molar-refractivity contribution in [2.75, 3.05) is 0 Å². The summed E-state index contributed by atoms with van der Waals surface area (Å²) < 4.78 is 38.1. The normalized spacial score (nSPS) is 18.0. The van der Waals surface area contributed by atoms with Gasteiger partial charge in [0, 0.05) is 12.1 Å². The van der Waals surface area contributed by atoms with Crippen LogP contribution in [0.15, 0.2) is 6.20 Å². The first-order chi connectivity index (χ1) is 7.48. The summed E-state index contributed by atoms with van der Waals surface area (Å²) in [4.78, 5) is 7.17. The second-order valence-corrected chi connectivity index (χ2v) is 4.26. The molecular formula is C10H10ClF3N2. The van der Waals surface area contributed by atoms with E-state index in [0.717, 1.165) is 31.9 Å². The molecule has 0 aromatic carbocycles. The zero-order valence-corrected chi connectivity index (χ0v) is 9.15. The zero-order valence-electron chi connectivity index (χ0n) is 8.39. The maximum Gasteiger partial charge on any atom is 0.419 e. The van der Waals surface area contributed by atoms with Crippen LogP contribution in [0.25, 0.3) is 0 Å². The molecule has 0 unspecified atom stereocenters. The van der Waals surface area contributed by atoms with Gasteiger partial charge in [-0.2, -0.15) is 13.2 Å². The van der Waals surface area contributed by atoms with Crippen molar-refractivity contribution in [3.63, 3.8) is 0 Å². The Hall–Kier alpha value is -0.840. The predicted molar refractivity (Wildman–Crippen MR) is 53.3 cm³/mol. The number of hydrogen-bond acceptors (Lipinski definition) is 2. The molecule has 0 bridgehead atoms. The van der Waals surface area contributed by atoms with Crippen molar-refractivity contribution < 1.29 is 13.2 Å². The SMILES string of the molecule is FC(F)(F)c1cnc(Cl)nc1C1CCCC1. The number of hydrogen-bond donors (Lipinski definition) is 0. The fourth-order valence-electron chi connectivity index (χ4n) is 2.10. The topological polar surface area (TPSA) is 25.8 Å². The molecule has 0 aliphatic heterocycles. The first-order valence-electron chi connectivity index (χ1n) is 5.08. The lowest BCUT2D eigenvalue weighted by atomic mass is 9.99. The Kier molecular flexibility index (Phi) is 3.06. The maximum absolute atomic E-state index is 12.7. The van der Waals surface area contributed by atoms with E-state index in [1.54, 1.807) is 0 Å². The van der Waals surface area contributed by atoms with Gasteiger partial charge in [-0.15, -0.1) is 0 Å². The van der Waals surface area contributed by atoms with Crippen LogP contribution in [0.3, 0.4) is 0 Å². The fraction of sp³-hybridized carbons (Fsp3) is 0.600. The zero-order chi connectivity index (χ0) is 11.8. The highest BCUT2D eigenvalue weighted by molar-refractivity contribution is 6.28. The van der Waals surface area contributed by atoms with E-state index in [0.29, 0.717) is 0 Å². The fourth-order valence-corrected chi connectivity index (χ4v) is 2.24. The van der Waals surface area contributed by atoms with Gasteiger partial charge in [-0.05, 0) is 24.4 Å². The van der Waals surface area contributed by atoms with E-state index in [9.17, 15) is 13.2 Å². The molecule has 2 rings (SSSR count). The molecule has 0 amide bonds. The molecule has 88 valence electrons. The van der Waals surface area contributed by atoms with Gasteiger partial charge in [0.15, 0.2) is 0 Å². The molecule has 1 saturated carbocycles. The van der Waals surface area contributed by atoms with Crippen molar-refractivity contribution >= 4 is 11.6 Å². The van der Waals surface area contributed by atoms with Crippen molar-refractivity contribution in [3.8, 4) is 0 Å². The van der Waals surface area contributed by atoms with Crippen LogP contribution in [0.1, 0.15) is 42.9 Å². The summed E-state index contributed by atoms with van der Waals surface area (Å²) in [6.45, 7) is 0. The third-order valence-corrected chi connectivity index (χ3v) is 3.02. The summed E-state index contributed by atoms with van der Waals surface area (Å²) in [5.41, 5.74) is -0.686.